The first-order valence-electron chi connectivity index (χ1n) is 12.4. The van der Waals surface area contributed by atoms with Crippen molar-refractivity contribution in [3.05, 3.63) is 94.3 Å². The van der Waals surface area contributed by atoms with E-state index in [9.17, 15) is 9.18 Å². The van der Waals surface area contributed by atoms with Gasteiger partial charge in [-0.3, -0.25) is 4.79 Å². The van der Waals surface area contributed by atoms with Crippen LogP contribution in [0.2, 0.25) is 0 Å². The van der Waals surface area contributed by atoms with Crippen LogP contribution < -0.4 is 16.1 Å². The molecular formula is C29H34FN3O2. The van der Waals surface area contributed by atoms with Crippen molar-refractivity contribution in [2.45, 2.75) is 52.0 Å². The Balaban J connectivity index is 1.40. The van der Waals surface area contributed by atoms with Crippen LogP contribution in [0, 0.1) is 12.7 Å². The SMILES string of the molecule is Cc1c(CNc2ccc(CCC(=O)ON)c(F)c2)ccc2c1N(CCCc1ccccc1)CCC2. The molecule has 35 heavy (non-hydrogen) atoms. The number of rotatable bonds is 10. The second-order valence-corrected chi connectivity index (χ2v) is 9.19. The van der Waals surface area contributed by atoms with E-state index in [1.54, 1.807) is 6.07 Å². The van der Waals surface area contributed by atoms with Crippen molar-refractivity contribution in [1.82, 2.24) is 0 Å². The van der Waals surface area contributed by atoms with Crippen molar-refractivity contribution in [2.24, 2.45) is 5.90 Å². The van der Waals surface area contributed by atoms with E-state index in [2.05, 4.69) is 64.4 Å². The Kier molecular flexibility index (Phi) is 8.37. The summed E-state index contributed by atoms with van der Waals surface area (Å²) in [7, 11) is 0. The molecule has 1 aliphatic heterocycles. The zero-order chi connectivity index (χ0) is 24.6. The number of fused-ring (bicyclic) bond motifs is 1. The predicted molar refractivity (Wildman–Crippen MR) is 139 cm³/mol. The Morgan fingerprint density at radius 3 is 2.66 bits per heavy atom. The van der Waals surface area contributed by atoms with Gasteiger partial charge < -0.3 is 15.1 Å². The van der Waals surface area contributed by atoms with Crippen LogP contribution in [0.25, 0.3) is 0 Å². The van der Waals surface area contributed by atoms with Crippen molar-refractivity contribution < 1.29 is 14.0 Å². The van der Waals surface area contributed by atoms with Gasteiger partial charge in [0, 0.05) is 31.0 Å². The summed E-state index contributed by atoms with van der Waals surface area (Å²) in [4.78, 5) is 17.9. The van der Waals surface area contributed by atoms with Gasteiger partial charge in [0.1, 0.15) is 5.82 Å². The van der Waals surface area contributed by atoms with Gasteiger partial charge in [0.25, 0.3) is 0 Å². The lowest BCUT2D eigenvalue weighted by molar-refractivity contribution is -0.144. The molecule has 3 aromatic rings. The average molecular weight is 476 g/mol. The molecule has 0 radical (unpaired) electrons. The highest BCUT2D eigenvalue weighted by Gasteiger charge is 2.20. The van der Waals surface area contributed by atoms with Gasteiger partial charge in [-0.1, -0.05) is 48.5 Å². The zero-order valence-corrected chi connectivity index (χ0v) is 20.4. The van der Waals surface area contributed by atoms with Crippen molar-refractivity contribution in [3.63, 3.8) is 0 Å². The Morgan fingerprint density at radius 1 is 1.09 bits per heavy atom. The van der Waals surface area contributed by atoms with Crippen LogP contribution >= 0.6 is 0 Å². The summed E-state index contributed by atoms with van der Waals surface area (Å²) in [5, 5.41) is 3.36. The van der Waals surface area contributed by atoms with E-state index < -0.39 is 5.97 Å². The third-order valence-corrected chi connectivity index (χ3v) is 6.82. The molecule has 0 bridgehead atoms. The minimum absolute atomic E-state index is 0.0519. The normalized spacial score (nSPS) is 12.8. The molecule has 5 nitrogen and oxygen atoms in total. The predicted octanol–water partition coefficient (Wildman–Crippen LogP) is 5.48. The monoisotopic (exact) mass is 475 g/mol. The lowest BCUT2D eigenvalue weighted by Gasteiger charge is -2.34. The molecule has 3 N–H and O–H groups in total. The number of hydrogen-bond acceptors (Lipinski definition) is 5. The molecule has 0 aliphatic carbocycles. The summed E-state index contributed by atoms with van der Waals surface area (Å²) < 4.78 is 14.5. The van der Waals surface area contributed by atoms with E-state index >= 15 is 0 Å². The third kappa shape index (κ3) is 6.40. The largest absolute Gasteiger partial charge is 0.381 e. The van der Waals surface area contributed by atoms with E-state index in [0.717, 1.165) is 32.4 Å². The summed E-state index contributed by atoms with van der Waals surface area (Å²) >= 11 is 0. The zero-order valence-electron chi connectivity index (χ0n) is 20.4. The Morgan fingerprint density at radius 2 is 1.89 bits per heavy atom. The highest BCUT2D eigenvalue weighted by Crippen LogP contribution is 2.33. The second kappa shape index (κ2) is 11.8. The molecule has 1 aliphatic rings. The molecule has 0 fully saturated rings. The number of hydrogen-bond donors (Lipinski definition) is 2. The van der Waals surface area contributed by atoms with E-state index in [1.165, 1.54) is 40.4 Å². The second-order valence-electron chi connectivity index (χ2n) is 9.19. The van der Waals surface area contributed by atoms with Crippen molar-refractivity contribution >= 4 is 17.3 Å². The first kappa shape index (κ1) is 24.7. The highest BCUT2D eigenvalue weighted by atomic mass is 19.1. The fourth-order valence-electron chi connectivity index (χ4n) is 4.90. The van der Waals surface area contributed by atoms with Crippen LogP contribution in [0.15, 0.2) is 60.7 Å². The van der Waals surface area contributed by atoms with E-state index in [0.29, 0.717) is 17.8 Å². The number of nitrogens with zero attached hydrogens (tertiary/aromatic N) is 1. The number of carbonyl (C=O) groups excluding carboxylic acids is 1. The number of nitrogens with one attached hydrogen (secondary N) is 1. The third-order valence-electron chi connectivity index (χ3n) is 6.82. The van der Waals surface area contributed by atoms with E-state index in [4.69, 9.17) is 5.90 Å². The maximum absolute atomic E-state index is 14.5. The van der Waals surface area contributed by atoms with Crippen LogP contribution in [0.5, 0.6) is 0 Å². The lowest BCUT2D eigenvalue weighted by atomic mass is 9.94. The molecule has 3 aromatic carbocycles. The molecule has 0 spiro atoms. The van der Waals surface area contributed by atoms with Gasteiger partial charge >= 0.3 is 5.97 Å². The van der Waals surface area contributed by atoms with Gasteiger partial charge in [0.15, 0.2) is 0 Å². The molecule has 0 atom stereocenters. The molecule has 0 saturated heterocycles. The highest BCUT2D eigenvalue weighted by molar-refractivity contribution is 5.69. The van der Waals surface area contributed by atoms with Gasteiger partial charge in [0.05, 0.1) is 6.42 Å². The molecule has 4 rings (SSSR count). The maximum Gasteiger partial charge on any atom is 0.324 e. The van der Waals surface area contributed by atoms with Crippen LogP contribution in [0.4, 0.5) is 15.8 Å². The van der Waals surface area contributed by atoms with Crippen molar-refractivity contribution in [2.75, 3.05) is 23.3 Å². The van der Waals surface area contributed by atoms with Crippen LogP contribution in [0.1, 0.15) is 47.1 Å². The molecule has 184 valence electrons. The van der Waals surface area contributed by atoms with E-state index in [-0.39, 0.29) is 18.7 Å². The summed E-state index contributed by atoms with van der Waals surface area (Å²) in [6, 6.07) is 20.1. The van der Waals surface area contributed by atoms with Crippen molar-refractivity contribution in [3.8, 4) is 0 Å². The van der Waals surface area contributed by atoms with Crippen LogP contribution in [-0.4, -0.2) is 19.1 Å². The minimum atomic E-state index is -0.552. The molecule has 0 aromatic heterocycles. The molecule has 0 unspecified atom stereocenters. The van der Waals surface area contributed by atoms with E-state index in [1.807, 2.05) is 6.07 Å². The molecule has 0 saturated carbocycles. The van der Waals surface area contributed by atoms with Gasteiger partial charge in [-0.15, -0.1) is 0 Å². The molecule has 1 heterocycles. The smallest absolute Gasteiger partial charge is 0.324 e. The first-order chi connectivity index (χ1) is 17.0. The molecule has 0 amide bonds. The first-order valence-corrected chi connectivity index (χ1v) is 12.4. The number of nitrogens with two attached hydrogens (primary N) is 1. The van der Waals surface area contributed by atoms with Crippen molar-refractivity contribution in [1.29, 1.82) is 0 Å². The quantitative estimate of drug-likeness (QED) is 0.380. The minimum Gasteiger partial charge on any atom is -0.381 e. The standard InChI is InChI=1S/C29H34FN3O2/c1-21-25(20-32-26-15-13-23(27(30)19-26)14-16-28(34)35-31)12-11-24-10-6-18-33(29(21)24)17-5-9-22-7-3-2-4-8-22/h2-4,7-8,11-13,15,19,32H,5-6,9-10,14,16-18,20,31H2,1H3. The fourth-order valence-corrected chi connectivity index (χ4v) is 4.90. The summed E-state index contributed by atoms with van der Waals surface area (Å²) in [6.07, 6.45) is 4.82. The van der Waals surface area contributed by atoms with Gasteiger partial charge in [-0.2, -0.15) is 5.90 Å². The average Bonchev–Trinajstić information content (AvgIpc) is 2.88. The van der Waals surface area contributed by atoms with Crippen LogP contribution in [-0.2, 0) is 35.4 Å². The number of halogens is 1. The number of anilines is 2. The number of carbonyl (C=O) groups is 1. The number of benzene rings is 3. The summed E-state index contributed by atoms with van der Waals surface area (Å²) in [5.74, 6) is 3.95. The fraction of sp³-hybridized carbons (Fsp3) is 0.345. The van der Waals surface area contributed by atoms with Gasteiger partial charge in [0.2, 0.25) is 0 Å². The number of aryl methyl sites for hydroxylation is 3. The Bertz CT molecular complexity index is 1150. The van der Waals surface area contributed by atoms with Gasteiger partial charge in [-0.05, 0) is 79.0 Å². The maximum atomic E-state index is 14.5. The topological polar surface area (TPSA) is 67.6 Å². The molecule has 6 heteroatoms. The Hall–Kier alpha value is -3.38. The molecular weight excluding hydrogens is 441 g/mol. The summed E-state index contributed by atoms with van der Waals surface area (Å²) in [6.45, 7) is 4.95. The summed E-state index contributed by atoms with van der Waals surface area (Å²) in [5.41, 5.74) is 7.87. The van der Waals surface area contributed by atoms with Crippen LogP contribution in [0.3, 0.4) is 0 Å². The lowest BCUT2D eigenvalue weighted by Crippen LogP contribution is -2.31. The van der Waals surface area contributed by atoms with Gasteiger partial charge in [-0.25, -0.2) is 4.39 Å². The Labute approximate surface area is 207 Å².